The quantitative estimate of drug-likeness (QED) is 0.476. The minimum Gasteiger partial charge on any atom is -0.362 e. The fourth-order valence-electron chi connectivity index (χ4n) is 3.33. The largest absolute Gasteiger partial charge is 0.362 e. The molecule has 23 heavy (non-hydrogen) atoms. The van der Waals surface area contributed by atoms with E-state index in [1.165, 1.54) is 0 Å². The molecule has 8 heteroatoms. The Morgan fingerprint density at radius 2 is 2.26 bits per heavy atom. The summed E-state index contributed by atoms with van der Waals surface area (Å²) in [6.07, 6.45) is 2.22. The highest BCUT2D eigenvalue weighted by Gasteiger charge is 2.44. The van der Waals surface area contributed by atoms with Crippen molar-refractivity contribution in [3.05, 3.63) is 50.7 Å². The maximum absolute atomic E-state index is 11.6. The van der Waals surface area contributed by atoms with E-state index in [4.69, 9.17) is 16.3 Å². The highest BCUT2D eigenvalue weighted by atomic mass is 35.5. The van der Waals surface area contributed by atoms with Gasteiger partial charge < -0.3 is 14.5 Å². The number of allylic oxidation sites excluding steroid dienone is 1. The lowest BCUT2D eigenvalue weighted by Gasteiger charge is -2.36. The summed E-state index contributed by atoms with van der Waals surface area (Å²) < 4.78 is 5.53. The first-order chi connectivity index (χ1) is 11.0. The third-order valence-corrected chi connectivity index (χ3v) is 4.64. The molecule has 3 rings (SSSR count). The molecule has 2 unspecified atom stereocenters. The number of rotatable bonds is 4. The Hall–Kier alpha value is -1.86. The molecular weight excluding hydrogens is 320 g/mol. The fourth-order valence-corrected chi connectivity index (χ4v) is 3.44. The molecule has 124 valence electrons. The minimum atomic E-state index is -0.253. The second kappa shape index (κ2) is 6.33. The van der Waals surface area contributed by atoms with Gasteiger partial charge in [0.15, 0.2) is 5.82 Å². The highest BCUT2D eigenvalue weighted by molar-refractivity contribution is 6.29. The molecule has 3 heterocycles. The van der Waals surface area contributed by atoms with Gasteiger partial charge >= 0.3 is 0 Å². The average Bonchev–Trinajstić information content (AvgIpc) is 2.92. The molecule has 7 nitrogen and oxygen atoms in total. The summed E-state index contributed by atoms with van der Waals surface area (Å²) in [5, 5.41) is 12.0. The summed E-state index contributed by atoms with van der Waals surface area (Å²) in [6, 6.07) is 3.62. The topological polar surface area (TPSA) is 71.7 Å². The third kappa shape index (κ3) is 2.98. The second-order valence-electron chi connectivity index (χ2n) is 5.90. The molecule has 2 aliphatic heterocycles. The number of nitrogens with zero attached hydrogens (tertiary/aromatic N) is 4. The smallest absolute Gasteiger partial charge is 0.289 e. The van der Waals surface area contributed by atoms with Crippen LogP contribution in [0, 0.1) is 16.0 Å². The molecule has 0 bridgehead atoms. The zero-order chi connectivity index (χ0) is 16.6. The van der Waals surface area contributed by atoms with Crippen LogP contribution in [0.2, 0.25) is 5.15 Å². The van der Waals surface area contributed by atoms with E-state index in [2.05, 4.69) is 4.98 Å². The SMILES string of the molecule is COC1CC(C)C([N+](=O)[O-])=C2N(Cc3ccc(Cl)nc3)CCN21. The Labute approximate surface area is 139 Å². The van der Waals surface area contributed by atoms with E-state index < -0.39 is 0 Å². The zero-order valence-electron chi connectivity index (χ0n) is 13.1. The van der Waals surface area contributed by atoms with E-state index in [0.717, 1.165) is 18.7 Å². The summed E-state index contributed by atoms with van der Waals surface area (Å²) in [5.74, 6) is 0.528. The van der Waals surface area contributed by atoms with Crippen molar-refractivity contribution < 1.29 is 9.66 Å². The number of aromatic nitrogens is 1. The van der Waals surface area contributed by atoms with Crippen LogP contribution in [0.4, 0.5) is 0 Å². The van der Waals surface area contributed by atoms with E-state index in [-0.39, 0.29) is 22.8 Å². The van der Waals surface area contributed by atoms with Crippen LogP contribution in [0.5, 0.6) is 0 Å². The van der Waals surface area contributed by atoms with E-state index >= 15 is 0 Å². The molecular formula is C15H19ClN4O3. The van der Waals surface area contributed by atoms with E-state index in [1.807, 2.05) is 22.8 Å². The number of methoxy groups -OCH3 is 1. The van der Waals surface area contributed by atoms with Crippen LogP contribution >= 0.6 is 11.6 Å². The van der Waals surface area contributed by atoms with Gasteiger partial charge in [-0.25, -0.2) is 4.98 Å². The molecule has 0 spiro atoms. The molecule has 0 N–H and O–H groups in total. The van der Waals surface area contributed by atoms with Crippen molar-refractivity contribution in [3.63, 3.8) is 0 Å². The summed E-state index contributed by atoms with van der Waals surface area (Å²) >= 11 is 5.81. The zero-order valence-corrected chi connectivity index (χ0v) is 13.9. The minimum absolute atomic E-state index is 0.114. The van der Waals surface area contributed by atoms with Crippen molar-refractivity contribution in [2.75, 3.05) is 20.2 Å². The van der Waals surface area contributed by atoms with Gasteiger partial charge in [0, 0.05) is 39.4 Å². The van der Waals surface area contributed by atoms with Gasteiger partial charge in [-0.3, -0.25) is 10.1 Å². The summed E-state index contributed by atoms with van der Waals surface area (Å²) in [7, 11) is 1.65. The molecule has 1 fully saturated rings. The van der Waals surface area contributed by atoms with Crippen LogP contribution in [0.3, 0.4) is 0 Å². The first kappa shape index (κ1) is 16.0. The van der Waals surface area contributed by atoms with Crippen LogP contribution < -0.4 is 0 Å². The first-order valence-corrected chi connectivity index (χ1v) is 7.92. The van der Waals surface area contributed by atoms with Crippen LogP contribution in [0.1, 0.15) is 18.9 Å². The summed E-state index contributed by atoms with van der Waals surface area (Å²) in [6.45, 7) is 3.89. The highest BCUT2D eigenvalue weighted by Crippen LogP contribution is 2.37. The van der Waals surface area contributed by atoms with E-state index in [1.54, 1.807) is 19.4 Å². The van der Waals surface area contributed by atoms with Gasteiger partial charge in [-0.1, -0.05) is 24.6 Å². The van der Waals surface area contributed by atoms with Crippen LogP contribution in [-0.4, -0.2) is 46.1 Å². The average molecular weight is 339 g/mol. The maximum Gasteiger partial charge on any atom is 0.289 e. The van der Waals surface area contributed by atoms with Crippen molar-refractivity contribution in [2.45, 2.75) is 26.1 Å². The van der Waals surface area contributed by atoms with E-state index in [0.29, 0.717) is 23.9 Å². The first-order valence-electron chi connectivity index (χ1n) is 7.54. The number of ether oxygens (including phenoxy) is 1. The van der Waals surface area contributed by atoms with Crippen molar-refractivity contribution in [3.8, 4) is 0 Å². The van der Waals surface area contributed by atoms with Gasteiger partial charge in [-0.15, -0.1) is 0 Å². The van der Waals surface area contributed by atoms with Gasteiger partial charge in [-0.05, 0) is 11.6 Å². The van der Waals surface area contributed by atoms with Crippen molar-refractivity contribution in [1.82, 2.24) is 14.8 Å². The molecule has 0 aromatic carbocycles. The lowest BCUT2D eigenvalue weighted by Crippen LogP contribution is -2.42. The number of hydrogen-bond acceptors (Lipinski definition) is 6. The number of pyridine rings is 1. The Morgan fingerprint density at radius 1 is 1.48 bits per heavy atom. The van der Waals surface area contributed by atoms with Crippen molar-refractivity contribution in [2.24, 2.45) is 5.92 Å². The predicted molar refractivity (Wildman–Crippen MR) is 85.0 cm³/mol. The molecule has 0 amide bonds. The number of halogens is 1. The monoisotopic (exact) mass is 338 g/mol. The van der Waals surface area contributed by atoms with Crippen molar-refractivity contribution in [1.29, 1.82) is 0 Å². The van der Waals surface area contributed by atoms with Gasteiger partial charge in [0.2, 0.25) is 0 Å². The number of fused-ring (bicyclic) bond motifs is 1. The molecule has 0 radical (unpaired) electrons. The Kier molecular flexibility index (Phi) is 4.41. The molecule has 1 saturated heterocycles. The van der Waals surface area contributed by atoms with Crippen LogP contribution in [-0.2, 0) is 11.3 Å². The Balaban J connectivity index is 1.94. The van der Waals surface area contributed by atoms with E-state index in [9.17, 15) is 10.1 Å². The number of nitro groups is 1. The summed E-state index contributed by atoms with van der Waals surface area (Å²) in [4.78, 5) is 19.4. The van der Waals surface area contributed by atoms with Gasteiger partial charge in [0.25, 0.3) is 5.70 Å². The summed E-state index contributed by atoms with van der Waals surface area (Å²) in [5.41, 5.74) is 1.25. The predicted octanol–water partition coefficient (Wildman–Crippen LogP) is 2.31. The third-order valence-electron chi connectivity index (χ3n) is 4.41. The van der Waals surface area contributed by atoms with Crippen LogP contribution in [0.15, 0.2) is 29.8 Å². The van der Waals surface area contributed by atoms with Crippen LogP contribution in [0.25, 0.3) is 0 Å². The lowest BCUT2D eigenvalue weighted by molar-refractivity contribution is -0.439. The second-order valence-corrected chi connectivity index (χ2v) is 6.28. The normalized spacial score (nSPS) is 24.1. The number of hydrogen-bond donors (Lipinski definition) is 0. The fraction of sp³-hybridized carbons (Fsp3) is 0.533. The standard InChI is InChI=1S/C15H19ClN4O3/c1-10-7-13(23-2)19-6-5-18(15(19)14(10)20(21)22)9-11-3-4-12(16)17-8-11/h3-4,8,10,13H,5-7,9H2,1-2H3. The van der Waals surface area contributed by atoms with Gasteiger partial charge in [0.05, 0.1) is 10.8 Å². The molecule has 1 aromatic heterocycles. The van der Waals surface area contributed by atoms with Crippen molar-refractivity contribution >= 4 is 11.6 Å². The molecule has 2 aliphatic rings. The van der Waals surface area contributed by atoms with Gasteiger partial charge in [-0.2, -0.15) is 0 Å². The molecule has 0 aliphatic carbocycles. The molecule has 1 aromatic rings. The Morgan fingerprint density at radius 3 is 2.87 bits per heavy atom. The van der Waals surface area contributed by atoms with Gasteiger partial charge in [0.1, 0.15) is 11.4 Å². The maximum atomic E-state index is 11.6. The Bertz CT molecular complexity index is 634. The molecule has 0 saturated carbocycles. The lowest BCUT2D eigenvalue weighted by atomic mass is 9.98. The molecule has 2 atom stereocenters.